The Labute approximate surface area is 158 Å². The summed E-state index contributed by atoms with van der Waals surface area (Å²) in [4.78, 5) is 18.8. The Kier molecular flexibility index (Phi) is 3.58. The first kappa shape index (κ1) is 16.1. The highest BCUT2D eigenvalue weighted by molar-refractivity contribution is 7.12. The van der Waals surface area contributed by atoms with E-state index >= 15 is 0 Å². The van der Waals surface area contributed by atoms with Crippen LogP contribution < -0.4 is 0 Å². The van der Waals surface area contributed by atoms with Crippen molar-refractivity contribution in [3.05, 3.63) is 70.1 Å². The molecule has 134 valence electrons. The smallest absolute Gasteiger partial charge is 0.266 e. The van der Waals surface area contributed by atoms with E-state index in [1.165, 1.54) is 17.4 Å². The summed E-state index contributed by atoms with van der Waals surface area (Å²) in [6.45, 7) is 0.687. The molecule has 0 fully saturated rings. The average molecular weight is 378 g/mol. The third kappa shape index (κ3) is 2.71. The lowest BCUT2D eigenvalue weighted by atomic mass is 10.0. The second-order valence-corrected chi connectivity index (χ2v) is 7.53. The normalized spacial score (nSPS) is 13.6. The third-order valence-electron chi connectivity index (χ3n) is 4.83. The van der Waals surface area contributed by atoms with E-state index in [0.717, 1.165) is 27.7 Å². The summed E-state index contributed by atoms with van der Waals surface area (Å²) in [7, 11) is 1.88. The maximum absolute atomic E-state index is 14.7. The molecule has 1 aliphatic rings. The number of nitrogens with zero attached hydrogens (tertiary/aromatic N) is 4. The molecule has 5 rings (SSSR count). The maximum Gasteiger partial charge on any atom is 0.266 e. The van der Waals surface area contributed by atoms with Gasteiger partial charge in [-0.2, -0.15) is 5.10 Å². The first-order valence-corrected chi connectivity index (χ1v) is 9.40. The molecule has 0 bridgehead atoms. The zero-order chi connectivity index (χ0) is 18.5. The van der Waals surface area contributed by atoms with E-state index in [4.69, 9.17) is 0 Å². The zero-order valence-corrected chi connectivity index (χ0v) is 15.3. The highest BCUT2D eigenvalue weighted by Gasteiger charge is 2.30. The predicted molar refractivity (Wildman–Crippen MR) is 102 cm³/mol. The molecule has 5 nitrogen and oxygen atoms in total. The van der Waals surface area contributed by atoms with Crippen molar-refractivity contribution >= 4 is 28.1 Å². The summed E-state index contributed by atoms with van der Waals surface area (Å²) >= 11 is 1.34. The summed E-state index contributed by atoms with van der Waals surface area (Å²) < 4.78 is 16.5. The van der Waals surface area contributed by atoms with Crippen LogP contribution in [0.2, 0.25) is 0 Å². The Morgan fingerprint density at radius 2 is 2.00 bits per heavy atom. The van der Waals surface area contributed by atoms with E-state index in [1.807, 2.05) is 37.5 Å². The summed E-state index contributed by atoms with van der Waals surface area (Å²) in [5.74, 6) is -0.382. The molecule has 3 heterocycles. The van der Waals surface area contributed by atoms with Gasteiger partial charge in [-0.15, -0.1) is 11.3 Å². The second-order valence-electron chi connectivity index (χ2n) is 6.67. The van der Waals surface area contributed by atoms with Crippen molar-refractivity contribution in [2.24, 2.45) is 7.05 Å². The largest absolute Gasteiger partial charge is 0.327 e. The summed E-state index contributed by atoms with van der Waals surface area (Å²) in [6, 6.07) is 11.1. The summed E-state index contributed by atoms with van der Waals surface area (Å²) in [6.07, 6.45) is 1.94. The molecule has 1 amide bonds. The molecule has 2 aromatic heterocycles. The van der Waals surface area contributed by atoms with Crippen LogP contribution in [0.5, 0.6) is 0 Å². The van der Waals surface area contributed by atoms with Gasteiger partial charge in [0.1, 0.15) is 10.7 Å². The Morgan fingerprint density at radius 3 is 2.81 bits per heavy atom. The van der Waals surface area contributed by atoms with Gasteiger partial charge in [0.15, 0.2) is 0 Å². The number of amides is 1. The lowest BCUT2D eigenvalue weighted by Gasteiger charge is -2.16. The van der Waals surface area contributed by atoms with E-state index in [-0.39, 0.29) is 18.3 Å². The molecular formula is C20H15FN4OS. The van der Waals surface area contributed by atoms with Gasteiger partial charge in [0.05, 0.1) is 23.3 Å². The topological polar surface area (TPSA) is 51.0 Å². The minimum atomic E-state index is -0.310. The van der Waals surface area contributed by atoms with Crippen LogP contribution in [0.25, 0.3) is 22.0 Å². The Balaban J connectivity index is 1.41. The van der Waals surface area contributed by atoms with E-state index in [9.17, 15) is 9.18 Å². The number of hydrogen-bond acceptors (Lipinski definition) is 4. The fourth-order valence-electron chi connectivity index (χ4n) is 3.47. The Bertz CT molecular complexity index is 1200. The van der Waals surface area contributed by atoms with Gasteiger partial charge in [-0.05, 0) is 29.3 Å². The Morgan fingerprint density at radius 1 is 1.19 bits per heavy atom. The minimum absolute atomic E-state index is 0.0713. The van der Waals surface area contributed by atoms with Crippen molar-refractivity contribution in [3.8, 4) is 11.1 Å². The van der Waals surface area contributed by atoms with Crippen molar-refractivity contribution in [2.75, 3.05) is 0 Å². The Hall–Kier alpha value is -3.06. The number of fused-ring (bicyclic) bond motifs is 2. The van der Waals surface area contributed by atoms with Gasteiger partial charge in [-0.1, -0.05) is 18.2 Å². The van der Waals surface area contributed by atoms with Gasteiger partial charge < -0.3 is 4.90 Å². The van der Waals surface area contributed by atoms with E-state index < -0.39 is 0 Å². The van der Waals surface area contributed by atoms with Crippen molar-refractivity contribution < 1.29 is 9.18 Å². The van der Waals surface area contributed by atoms with Crippen molar-refractivity contribution in [1.82, 2.24) is 19.7 Å². The van der Waals surface area contributed by atoms with Crippen molar-refractivity contribution in [3.63, 3.8) is 0 Å². The fourth-order valence-corrected chi connectivity index (χ4v) is 4.24. The van der Waals surface area contributed by atoms with E-state index in [0.29, 0.717) is 17.0 Å². The molecule has 0 N–H and O–H groups in total. The summed E-state index contributed by atoms with van der Waals surface area (Å²) in [5, 5.41) is 5.37. The second kappa shape index (κ2) is 5.99. The highest BCUT2D eigenvalue weighted by Crippen LogP contribution is 2.29. The van der Waals surface area contributed by atoms with E-state index in [1.54, 1.807) is 21.2 Å². The number of thiazole rings is 1. The molecule has 1 aliphatic heterocycles. The minimum Gasteiger partial charge on any atom is -0.327 e. The van der Waals surface area contributed by atoms with Crippen LogP contribution in [0, 0.1) is 5.82 Å². The van der Waals surface area contributed by atoms with Crippen LogP contribution in [0.1, 0.15) is 20.9 Å². The van der Waals surface area contributed by atoms with Crippen molar-refractivity contribution in [1.29, 1.82) is 0 Å². The lowest BCUT2D eigenvalue weighted by molar-refractivity contribution is 0.0768. The van der Waals surface area contributed by atoms with Crippen LogP contribution >= 0.6 is 11.3 Å². The molecule has 0 saturated carbocycles. The predicted octanol–water partition coefficient (Wildman–Crippen LogP) is 3.99. The number of rotatable bonds is 3. The number of hydrogen-bond donors (Lipinski definition) is 0. The first-order valence-electron chi connectivity index (χ1n) is 8.52. The molecule has 27 heavy (non-hydrogen) atoms. The highest BCUT2D eigenvalue weighted by atomic mass is 32.1. The number of halogens is 1. The van der Waals surface area contributed by atoms with Crippen LogP contribution in [0.3, 0.4) is 0 Å². The third-order valence-corrected chi connectivity index (χ3v) is 5.69. The standard InChI is InChI=1S/C20H15FN4OS/c1-24-8-15-6-12(4-5-17(15)23-24)13-2-3-14(16(21)7-13)9-25-10-18-19(20(25)26)27-11-22-18/h2-8,11H,9-10H2,1H3. The molecule has 7 heteroatoms. The van der Waals surface area contributed by atoms with Crippen LogP contribution in [-0.4, -0.2) is 25.6 Å². The van der Waals surface area contributed by atoms with Gasteiger partial charge in [-0.3, -0.25) is 9.48 Å². The summed E-state index contributed by atoms with van der Waals surface area (Å²) in [5.41, 5.74) is 5.61. The van der Waals surface area contributed by atoms with Crippen molar-refractivity contribution in [2.45, 2.75) is 13.1 Å². The van der Waals surface area contributed by atoms with Gasteiger partial charge in [0.25, 0.3) is 5.91 Å². The molecule has 4 aromatic rings. The van der Waals surface area contributed by atoms with Crippen LogP contribution in [0.15, 0.2) is 48.1 Å². The first-order chi connectivity index (χ1) is 13.1. The molecular weight excluding hydrogens is 363 g/mol. The average Bonchev–Trinajstić information content (AvgIpc) is 3.32. The SMILES string of the molecule is Cn1cc2cc(-c3ccc(CN4Cc5ncsc5C4=O)c(F)c3)ccc2n1. The number of aryl methyl sites for hydroxylation is 1. The molecule has 2 aromatic carbocycles. The van der Waals surface area contributed by atoms with Gasteiger partial charge >= 0.3 is 0 Å². The maximum atomic E-state index is 14.7. The number of carbonyl (C=O) groups is 1. The zero-order valence-electron chi connectivity index (χ0n) is 14.5. The number of benzene rings is 2. The van der Waals surface area contributed by atoms with E-state index in [2.05, 4.69) is 10.1 Å². The number of carbonyl (C=O) groups excluding carboxylic acids is 1. The van der Waals surface area contributed by atoms with Crippen LogP contribution in [0.4, 0.5) is 4.39 Å². The monoisotopic (exact) mass is 378 g/mol. The molecule has 0 spiro atoms. The number of aromatic nitrogens is 3. The molecule has 0 atom stereocenters. The lowest BCUT2D eigenvalue weighted by Crippen LogP contribution is -2.23. The quantitative estimate of drug-likeness (QED) is 0.542. The van der Waals surface area contributed by atoms with Gasteiger partial charge in [0.2, 0.25) is 0 Å². The molecule has 0 radical (unpaired) electrons. The molecule has 0 saturated heterocycles. The van der Waals surface area contributed by atoms with Crippen LogP contribution in [-0.2, 0) is 20.1 Å². The molecule has 0 aliphatic carbocycles. The fraction of sp³-hybridized carbons (Fsp3) is 0.150. The van der Waals surface area contributed by atoms with Gasteiger partial charge in [-0.25, -0.2) is 9.37 Å². The van der Waals surface area contributed by atoms with Gasteiger partial charge in [0, 0.05) is 30.7 Å². The molecule has 0 unspecified atom stereocenters.